The minimum absolute atomic E-state index is 0.207. The fourth-order valence-corrected chi connectivity index (χ4v) is 4.15. The molecule has 2 aliphatic heterocycles. The molecule has 0 aliphatic carbocycles. The molecule has 6 nitrogen and oxygen atoms in total. The van der Waals surface area contributed by atoms with Crippen LogP contribution in [0.15, 0.2) is 29.2 Å². The minimum atomic E-state index is -0.562. The van der Waals surface area contributed by atoms with Crippen LogP contribution in [-0.4, -0.2) is 47.2 Å². The molecule has 0 aromatic heterocycles. The van der Waals surface area contributed by atoms with Crippen molar-refractivity contribution in [1.82, 2.24) is 4.90 Å². The summed E-state index contributed by atoms with van der Waals surface area (Å²) < 4.78 is 4.85. The van der Waals surface area contributed by atoms with Crippen LogP contribution in [0.2, 0.25) is 0 Å². The molecule has 1 aromatic carbocycles. The van der Waals surface area contributed by atoms with Crippen molar-refractivity contribution in [3.8, 4) is 0 Å². The van der Waals surface area contributed by atoms with Gasteiger partial charge in [0.25, 0.3) is 11.8 Å². The molecule has 25 heavy (non-hydrogen) atoms. The third-order valence-electron chi connectivity index (χ3n) is 3.96. The van der Waals surface area contributed by atoms with E-state index in [1.54, 1.807) is 4.90 Å². The molecule has 130 valence electrons. The number of carbonyl (C=O) groups excluding carboxylic acids is 3. The zero-order chi connectivity index (χ0) is 18.1. The van der Waals surface area contributed by atoms with Crippen molar-refractivity contribution in [2.75, 3.05) is 25.1 Å². The van der Waals surface area contributed by atoms with Crippen molar-refractivity contribution in [2.45, 2.75) is 13.3 Å². The molecule has 2 aliphatic rings. The lowest BCUT2D eigenvalue weighted by atomic mass is 10.1. The molecule has 1 saturated heterocycles. The Morgan fingerprint density at radius 1 is 1.20 bits per heavy atom. The van der Waals surface area contributed by atoms with Crippen molar-refractivity contribution in [3.63, 3.8) is 0 Å². The Balaban J connectivity index is 2.05. The van der Waals surface area contributed by atoms with Gasteiger partial charge < -0.3 is 9.64 Å². The van der Waals surface area contributed by atoms with Crippen LogP contribution in [0.3, 0.4) is 0 Å². The largest absolute Gasteiger partial charge is 0.468 e. The highest BCUT2D eigenvalue weighted by Gasteiger charge is 2.42. The van der Waals surface area contributed by atoms with E-state index in [0.717, 1.165) is 29.4 Å². The van der Waals surface area contributed by atoms with Crippen LogP contribution in [-0.2, 0) is 19.1 Å². The SMILES string of the molecule is CCCN1C(=O)C(=C2SC(=S)N(CC(=O)OC)C2=O)c2ccccc21. The summed E-state index contributed by atoms with van der Waals surface area (Å²) >= 11 is 6.27. The van der Waals surface area contributed by atoms with E-state index in [9.17, 15) is 14.4 Å². The first kappa shape index (κ1) is 17.6. The first-order chi connectivity index (χ1) is 12.0. The number of anilines is 1. The molecule has 0 saturated carbocycles. The van der Waals surface area contributed by atoms with Crippen molar-refractivity contribution in [1.29, 1.82) is 0 Å². The summed E-state index contributed by atoms with van der Waals surface area (Å²) in [6, 6.07) is 7.38. The molecular weight excluding hydrogens is 360 g/mol. The number of fused-ring (bicyclic) bond motifs is 1. The standard InChI is InChI=1S/C17H16N2O4S2/c1-3-8-18-11-7-5-4-6-10(11)13(15(18)21)14-16(22)19(17(24)25-14)9-12(20)23-2/h4-7H,3,8-9H2,1-2H3. The highest BCUT2D eigenvalue weighted by atomic mass is 32.2. The Labute approximate surface area is 154 Å². The summed E-state index contributed by atoms with van der Waals surface area (Å²) in [6.45, 7) is 2.30. The summed E-state index contributed by atoms with van der Waals surface area (Å²) in [5, 5.41) is 0. The van der Waals surface area contributed by atoms with Crippen LogP contribution in [0.4, 0.5) is 5.69 Å². The van der Waals surface area contributed by atoms with Gasteiger partial charge in [-0.3, -0.25) is 19.3 Å². The predicted molar refractivity (Wildman–Crippen MR) is 99.9 cm³/mol. The molecule has 3 rings (SSSR count). The Hall–Kier alpha value is -2.19. The number of amides is 2. The molecule has 0 bridgehead atoms. The molecule has 0 N–H and O–H groups in total. The van der Waals surface area contributed by atoms with Crippen LogP contribution in [0.1, 0.15) is 18.9 Å². The summed E-state index contributed by atoms with van der Waals surface area (Å²) in [6.07, 6.45) is 0.802. The first-order valence-corrected chi connectivity index (χ1v) is 8.98. The lowest BCUT2D eigenvalue weighted by Gasteiger charge is -2.15. The lowest BCUT2D eigenvalue weighted by molar-refractivity contribution is -0.143. The van der Waals surface area contributed by atoms with E-state index in [2.05, 4.69) is 4.74 Å². The summed E-state index contributed by atoms with van der Waals surface area (Å²) in [5.74, 6) is -1.20. The van der Waals surface area contributed by atoms with E-state index in [1.165, 1.54) is 12.0 Å². The summed E-state index contributed by atoms with van der Waals surface area (Å²) in [5.41, 5.74) is 1.87. The van der Waals surface area contributed by atoms with E-state index < -0.39 is 11.9 Å². The van der Waals surface area contributed by atoms with Crippen LogP contribution >= 0.6 is 24.0 Å². The highest BCUT2D eigenvalue weighted by molar-refractivity contribution is 8.26. The second-order valence-corrected chi connectivity index (χ2v) is 7.16. The van der Waals surface area contributed by atoms with Crippen molar-refractivity contribution in [2.24, 2.45) is 0 Å². The van der Waals surface area contributed by atoms with Gasteiger partial charge in [-0.25, -0.2) is 0 Å². The number of thioether (sulfide) groups is 1. The van der Waals surface area contributed by atoms with Gasteiger partial charge in [-0.05, 0) is 12.5 Å². The highest BCUT2D eigenvalue weighted by Crippen LogP contribution is 2.44. The molecule has 0 unspecified atom stereocenters. The summed E-state index contributed by atoms with van der Waals surface area (Å²) in [4.78, 5) is 40.3. The maximum atomic E-state index is 12.9. The van der Waals surface area contributed by atoms with E-state index in [4.69, 9.17) is 12.2 Å². The predicted octanol–water partition coefficient (Wildman–Crippen LogP) is 2.19. The average molecular weight is 376 g/mol. The molecule has 2 amide bonds. The molecule has 8 heteroatoms. The zero-order valence-corrected chi connectivity index (χ0v) is 15.4. The van der Waals surface area contributed by atoms with Crippen molar-refractivity contribution >= 4 is 57.3 Å². The van der Waals surface area contributed by atoms with Crippen LogP contribution in [0, 0.1) is 0 Å². The van der Waals surface area contributed by atoms with Gasteiger partial charge in [-0.2, -0.15) is 0 Å². The smallest absolute Gasteiger partial charge is 0.325 e. The normalized spacial score (nSPS) is 19.7. The number of carbonyl (C=O) groups is 3. The maximum absolute atomic E-state index is 12.9. The fourth-order valence-electron chi connectivity index (χ4n) is 2.82. The Morgan fingerprint density at radius 2 is 1.92 bits per heavy atom. The van der Waals surface area contributed by atoms with E-state index in [1.807, 2.05) is 31.2 Å². The van der Waals surface area contributed by atoms with Crippen molar-refractivity contribution in [3.05, 3.63) is 34.7 Å². The molecule has 2 heterocycles. The number of ether oxygens (including phenoxy) is 1. The number of rotatable bonds is 4. The minimum Gasteiger partial charge on any atom is -0.468 e. The zero-order valence-electron chi connectivity index (χ0n) is 13.8. The quantitative estimate of drug-likeness (QED) is 0.456. The Bertz CT molecular complexity index is 819. The molecule has 0 spiro atoms. The average Bonchev–Trinajstić information content (AvgIpc) is 3.03. The van der Waals surface area contributed by atoms with E-state index in [-0.39, 0.29) is 21.7 Å². The van der Waals surface area contributed by atoms with Crippen LogP contribution in [0.5, 0.6) is 0 Å². The van der Waals surface area contributed by atoms with Gasteiger partial charge in [-0.1, -0.05) is 49.1 Å². The van der Waals surface area contributed by atoms with Gasteiger partial charge >= 0.3 is 5.97 Å². The lowest BCUT2D eigenvalue weighted by Crippen LogP contribution is -2.34. The van der Waals surface area contributed by atoms with Gasteiger partial charge in [0.15, 0.2) is 0 Å². The maximum Gasteiger partial charge on any atom is 0.325 e. The van der Waals surface area contributed by atoms with Crippen LogP contribution in [0.25, 0.3) is 5.57 Å². The van der Waals surface area contributed by atoms with Gasteiger partial charge in [0, 0.05) is 12.1 Å². The number of nitrogens with zero attached hydrogens (tertiary/aromatic N) is 2. The fraction of sp³-hybridized carbons (Fsp3) is 0.294. The number of hydrogen-bond acceptors (Lipinski definition) is 6. The topological polar surface area (TPSA) is 66.9 Å². The third-order valence-corrected chi connectivity index (χ3v) is 5.41. The Kier molecular flexibility index (Phi) is 4.91. The second-order valence-electron chi connectivity index (χ2n) is 5.51. The molecule has 1 aromatic rings. The van der Waals surface area contributed by atoms with Crippen molar-refractivity contribution < 1.29 is 19.1 Å². The van der Waals surface area contributed by atoms with Gasteiger partial charge in [0.1, 0.15) is 10.9 Å². The molecular formula is C17H16N2O4S2. The van der Waals surface area contributed by atoms with Gasteiger partial charge in [0.2, 0.25) is 0 Å². The van der Waals surface area contributed by atoms with Gasteiger partial charge in [0.05, 0.1) is 23.3 Å². The van der Waals surface area contributed by atoms with E-state index in [0.29, 0.717) is 12.1 Å². The second kappa shape index (κ2) is 6.97. The number of methoxy groups -OCH3 is 1. The molecule has 0 atom stereocenters. The molecule has 0 radical (unpaired) electrons. The summed E-state index contributed by atoms with van der Waals surface area (Å²) in [7, 11) is 1.25. The van der Waals surface area contributed by atoms with E-state index >= 15 is 0 Å². The monoisotopic (exact) mass is 376 g/mol. The number of para-hydroxylation sites is 1. The number of benzene rings is 1. The number of thiocarbonyl (C=S) groups is 1. The first-order valence-electron chi connectivity index (χ1n) is 7.75. The number of hydrogen-bond donors (Lipinski definition) is 0. The number of esters is 1. The Morgan fingerprint density at radius 3 is 2.60 bits per heavy atom. The molecule has 1 fully saturated rings. The van der Waals surface area contributed by atoms with Crippen LogP contribution < -0.4 is 4.90 Å². The third kappa shape index (κ3) is 2.96. The van der Waals surface area contributed by atoms with Gasteiger partial charge in [-0.15, -0.1) is 0 Å².